The van der Waals surface area contributed by atoms with Crippen molar-refractivity contribution in [3.8, 4) is 11.6 Å². The average molecular weight is 500 g/mol. The van der Waals surface area contributed by atoms with Gasteiger partial charge in [-0.2, -0.15) is 4.98 Å². The number of benzene rings is 2. The number of nitrogens with one attached hydrogen (secondary N) is 2. The van der Waals surface area contributed by atoms with Crippen molar-refractivity contribution in [1.82, 2.24) is 14.9 Å². The van der Waals surface area contributed by atoms with Crippen LogP contribution in [0.4, 0.5) is 17.3 Å². The number of hydrogen-bond donors (Lipinski definition) is 2. The van der Waals surface area contributed by atoms with Gasteiger partial charge in [-0.1, -0.05) is 31.2 Å². The predicted molar refractivity (Wildman–Crippen MR) is 146 cm³/mol. The Balaban J connectivity index is 1.29. The lowest BCUT2D eigenvalue weighted by atomic mass is 10.1. The standard InChI is InChI=1S/C28H29N5O2S/c1-2-25(34)29-22-7-6-8-23(19-22)35-27-26-24(14-18-36-26)31-28(32-27)30-21-11-9-20(10-12-21)13-17-33-15-4-3-5-16-33/h2,6-12,14,18-19H,1,3-5,13,15-17H2,(H,29,34)(H,30,31,32). The molecule has 0 saturated carbocycles. The van der Waals surface area contributed by atoms with E-state index in [4.69, 9.17) is 4.74 Å². The number of aromatic nitrogens is 2. The highest BCUT2D eigenvalue weighted by molar-refractivity contribution is 7.17. The van der Waals surface area contributed by atoms with Crippen molar-refractivity contribution >= 4 is 44.8 Å². The summed E-state index contributed by atoms with van der Waals surface area (Å²) in [4.78, 5) is 23.5. The molecule has 5 rings (SSSR count). The largest absolute Gasteiger partial charge is 0.437 e. The summed E-state index contributed by atoms with van der Waals surface area (Å²) in [5, 5.41) is 8.02. The van der Waals surface area contributed by atoms with Crippen LogP contribution in [0.15, 0.2) is 72.6 Å². The summed E-state index contributed by atoms with van der Waals surface area (Å²) < 4.78 is 6.99. The lowest BCUT2D eigenvalue weighted by Gasteiger charge is -2.26. The molecular weight excluding hydrogens is 470 g/mol. The number of rotatable bonds is 9. The third kappa shape index (κ3) is 6.08. The monoisotopic (exact) mass is 499 g/mol. The molecule has 2 aromatic carbocycles. The summed E-state index contributed by atoms with van der Waals surface area (Å²) in [6.07, 6.45) is 6.29. The number of hydrogen-bond acceptors (Lipinski definition) is 7. The molecule has 0 aliphatic carbocycles. The minimum atomic E-state index is -0.279. The smallest absolute Gasteiger partial charge is 0.247 e. The molecule has 0 bridgehead atoms. The number of likely N-dealkylation sites (tertiary alicyclic amines) is 1. The first kappa shape index (κ1) is 24.0. The zero-order chi connectivity index (χ0) is 24.7. The SMILES string of the molecule is C=CC(=O)Nc1cccc(Oc2nc(Nc3ccc(CCN4CCCCC4)cc3)nc3ccsc23)c1. The van der Waals surface area contributed by atoms with Gasteiger partial charge in [-0.3, -0.25) is 4.79 Å². The number of amides is 1. The van der Waals surface area contributed by atoms with Crippen LogP contribution in [0.2, 0.25) is 0 Å². The van der Waals surface area contributed by atoms with Crippen molar-refractivity contribution in [3.63, 3.8) is 0 Å². The Morgan fingerprint density at radius 3 is 2.69 bits per heavy atom. The number of carbonyl (C=O) groups excluding carboxylic acids is 1. The lowest BCUT2D eigenvalue weighted by Crippen LogP contribution is -2.31. The van der Waals surface area contributed by atoms with E-state index in [9.17, 15) is 4.79 Å². The maximum absolute atomic E-state index is 11.6. The Hall–Kier alpha value is -3.75. The number of anilines is 3. The predicted octanol–water partition coefficient (Wildman–Crippen LogP) is 6.38. The van der Waals surface area contributed by atoms with Crippen LogP contribution in [0, 0.1) is 0 Å². The Morgan fingerprint density at radius 1 is 1.06 bits per heavy atom. The van der Waals surface area contributed by atoms with Crippen LogP contribution in [0.5, 0.6) is 11.6 Å². The second-order valence-corrected chi connectivity index (χ2v) is 9.70. The van der Waals surface area contributed by atoms with E-state index in [1.165, 1.54) is 55.3 Å². The van der Waals surface area contributed by atoms with Crippen LogP contribution in [-0.4, -0.2) is 40.4 Å². The van der Waals surface area contributed by atoms with Gasteiger partial charge in [0.1, 0.15) is 10.4 Å². The molecule has 8 heteroatoms. The van der Waals surface area contributed by atoms with Crippen molar-refractivity contribution in [2.24, 2.45) is 0 Å². The third-order valence-electron chi connectivity index (χ3n) is 6.15. The van der Waals surface area contributed by atoms with E-state index in [-0.39, 0.29) is 5.91 Å². The van der Waals surface area contributed by atoms with Gasteiger partial charge >= 0.3 is 0 Å². The van der Waals surface area contributed by atoms with Crippen molar-refractivity contribution in [3.05, 3.63) is 78.2 Å². The first-order valence-electron chi connectivity index (χ1n) is 12.2. The Kier molecular flexibility index (Phi) is 7.54. The number of carbonyl (C=O) groups is 1. The molecule has 1 amide bonds. The van der Waals surface area contributed by atoms with Crippen molar-refractivity contribution in [1.29, 1.82) is 0 Å². The molecule has 0 unspecified atom stereocenters. The highest BCUT2D eigenvalue weighted by atomic mass is 32.1. The van der Waals surface area contributed by atoms with Gasteiger partial charge in [-0.15, -0.1) is 11.3 Å². The number of nitrogens with zero attached hydrogens (tertiary/aromatic N) is 3. The van der Waals surface area contributed by atoms with Gasteiger partial charge in [0.25, 0.3) is 0 Å². The van der Waals surface area contributed by atoms with Gasteiger partial charge in [0.15, 0.2) is 0 Å². The summed E-state index contributed by atoms with van der Waals surface area (Å²) in [5.41, 5.74) is 3.67. The molecule has 2 N–H and O–H groups in total. The number of ether oxygens (including phenoxy) is 1. The van der Waals surface area contributed by atoms with Gasteiger partial charge in [-0.05, 0) is 79.7 Å². The molecule has 184 valence electrons. The molecule has 1 fully saturated rings. The van der Waals surface area contributed by atoms with E-state index in [2.05, 4.69) is 56.3 Å². The molecule has 7 nitrogen and oxygen atoms in total. The fraction of sp³-hybridized carbons (Fsp3) is 0.250. The zero-order valence-corrected chi connectivity index (χ0v) is 20.9. The molecule has 36 heavy (non-hydrogen) atoms. The number of fused-ring (bicyclic) bond motifs is 1. The molecule has 1 saturated heterocycles. The summed E-state index contributed by atoms with van der Waals surface area (Å²) in [5.74, 6) is 1.21. The minimum absolute atomic E-state index is 0.279. The summed E-state index contributed by atoms with van der Waals surface area (Å²) in [7, 11) is 0. The quantitative estimate of drug-likeness (QED) is 0.260. The maximum Gasteiger partial charge on any atom is 0.247 e. The van der Waals surface area contributed by atoms with Gasteiger partial charge in [0, 0.05) is 24.0 Å². The molecule has 2 aromatic heterocycles. The fourth-order valence-corrected chi connectivity index (χ4v) is 5.01. The molecule has 0 radical (unpaired) electrons. The second-order valence-electron chi connectivity index (χ2n) is 8.78. The van der Waals surface area contributed by atoms with E-state index in [0.717, 1.165) is 28.9 Å². The maximum atomic E-state index is 11.6. The van der Waals surface area contributed by atoms with E-state index < -0.39 is 0 Å². The molecule has 4 aromatic rings. The molecule has 3 heterocycles. The van der Waals surface area contributed by atoms with Gasteiger partial charge in [0.2, 0.25) is 17.7 Å². The number of piperidine rings is 1. The Bertz CT molecular complexity index is 1350. The normalized spacial score (nSPS) is 13.9. The average Bonchev–Trinajstić information content (AvgIpc) is 3.38. The van der Waals surface area contributed by atoms with Crippen LogP contribution in [0.3, 0.4) is 0 Å². The lowest BCUT2D eigenvalue weighted by molar-refractivity contribution is -0.111. The molecule has 0 spiro atoms. The number of thiophene rings is 1. The van der Waals surface area contributed by atoms with E-state index in [1.54, 1.807) is 12.1 Å². The van der Waals surface area contributed by atoms with Crippen LogP contribution in [-0.2, 0) is 11.2 Å². The second kappa shape index (κ2) is 11.3. The molecule has 0 atom stereocenters. The third-order valence-corrected chi connectivity index (χ3v) is 7.04. The molecule has 1 aliphatic rings. The van der Waals surface area contributed by atoms with E-state index in [0.29, 0.717) is 23.3 Å². The fourth-order valence-electron chi connectivity index (χ4n) is 4.26. The van der Waals surface area contributed by atoms with Crippen molar-refractivity contribution in [2.45, 2.75) is 25.7 Å². The van der Waals surface area contributed by atoms with Crippen LogP contribution >= 0.6 is 11.3 Å². The first-order valence-corrected chi connectivity index (χ1v) is 13.1. The van der Waals surface area contributed by atoms with Gasteiger partial charge in [-0.25, -0.2) is 4.98 Å². The van der Waals surface area contributed by atoms with Crippen molar-refractivity contribution < 1.29 is 9.53 Å². The van der Waals surface area contributed by atoms with E-state index >= 15 is 0 Å². The van der Waals surface area contributed by atoms with Gasteiger partial charge < -0.3 is 20.3 Å². The van der Waals surface area contributed by atoms with E-state index in [1.807, 2.05) is 23.6 Å². The molecule has 1 aliphatic heterocycles. The van der Waals surface area contributed by atoms with Crippen LogP contribution in [0.1, 0.15) is 24.8 Å². The van der Waals surface area contributed by atoms with Crippen LogP contribution in [0.25, 0.3) is 10.2 Å². The van der Waals surface area contributed by atoms with Crippen molar-refractivity contribution in [2.75, 3.05) is 30.3 Å². The highest BCUT2D eigenvalue weighted by Crippen LogP contribution is 2.33. The summed E-state index contributed by atoms with van der Waals surface area (Å²) in [6.45, 7) is 7.04. The van der Waals surface area contributed by atoms with Crippen LogP contribution < -0.4 is 15.4 Å². The molecular formula is C28H29N5O2S. The Labute approximate surface area is 214 Å². The summed E-state index contributed by atoms with van der Waals surface area (Å²) in [6, 6.07) is 17.6. The zero-order valence-electron chi connectivity index (χ0n) is 20.1. The highest BCUT2D eigenvalue weighted by Gasteiger charge is 2.13. The van der Waals surface area contributed by atoms with Gasteiger partial charge in [0.05, 0.1) is 5.52 Å². The minimum Gasteiger partial charge on any atom is -0.437 e. The summed E-state index contributed by atoms with van der Waals surface area (Å²) >= 11 is 1.52. The first-order chi connectivity index (χ1) is 17.7. The Morgan fingerprint density at radius 2 is 1.89 bits per heavy atom. The topological polar surface area (TPSA) is 79.4 Å².